The Kier molecular flexibility index (Phi) is 4.00. The number of nitrogens with zero attached hydrogens (tertiary/aromatic N) is 1. The molecule has 1 heterocycles. The van der Waals surface area contributed by atoms with Gasteiger partial charge in [-0.1, -0.05) is 44.6 Å². The zero-order valence-electron chi connectivity index (χ0n) is 12.6. The lowest BCUT2D eigenvalue weighted by Gasteiger charge is -2.35. The summed E-state index contributed by atoms with van der Waals surface area (Å²) >= 11 is 0. The minimum absolute atomic E-state index is 0.316. The molecule has 0 amide bonds. The second-order valence-corrected chi connectivity index (χ2v) is 6.57. The van der Waals surface area contributed by atoms with E-state index in [0.717, 1.165) is 18.8 Å². The maximum Gasteiger partial charge on any atom is 0.0323 e. The lowest BCUT2D eigenvalue weighted by atomic mass is 9.82. The van der Waals surface area contributed by atoms with Crippen molar-refractivity contribution in [3.05, 3.63) is 41.5 Å². The van der Waals surface area contributed by atoms with E-state index in [4.69, 9.17) is 5.73 Å². The van der Waals surface area contributed by atoms with Gasteiger partial charge in [0.2, 0.25) is 0 Å². The average Bonchev–Trinajstić information content (AvgIpc) is 2.38. The van der Waals surface area contributed by atoms with Crippen LogP contribution in [0.25, 0.3) is 0 Å². The van der Waals surface area contributed by atoms with Crippen molar-refractivity contribution in [1.29, 1.82) is 0 Å². The first kappa shape index (κ1) is 14.1. The summed E-state index contributed by atoms with van der Waals surface area (Å²) in [6.45, 7) is 11.4. The number of hydrogen-bond acceptors (Lipinski definition) is 2. The van der Waals surface area contributed by atoms with Crippen LogP contribution in [0.3, 0.4) is 0 Å². The molecule has 0 spiro atoms. The first-order valence-corrected chi connectivity index (χ1v) is 7.17. The molecule has 0 radical (unpaired) electrons. The van der Waals surface area contributed by atoms with E-state index < -0.39 is 0 Å². The fourth-order valence-corrected chi connectivity index (χ4v) is 2.70. The van der Waals surface area contributed by atoms with Gasteiger partial charge in [-0.25, -0.2) is 0 Å². The molecule has 1 aromatic rings. The van der Waals surface area contributed by atoms with Gasteiger partial charge in [-0.15, -0.1) is 0 Å². The molecule has 1 atom stereocenters. The van der Waals surface area contributed by atoms with E-state index >= 15 is 0 Å². The van der Waals surface area contributed by atoms with E-state index in [-0.39, 0.29) is 0 Å². The summed E-state index contributed by atoms with van der Waals surface area (Å²) in [4.78, 5) is 2.53. The molecule has 0 bridgehead atoms. The van der Waals surface area contributed by atoms with Crippen molar-refractivity contribution >= 4 is 5.69 Å². The van der Waals surface area contributed by atoms with E-state index in [9.17, 15) is 0 Å². The largest absolute Gasteiger partial charge is 0.399 e. The predicted octanol–water partition coefficient (Wildman–Crippen LogP) is 4.01. The van der Waals surface area contributed by atoms with E-state index in [1.165, 1.54) is 12.0 Å². The zero-order valence-corrected chi connectivity index (χ0v) is 12.6. The summed E-state index contributed by atoms with van der Waals surface area (Å²) in [6, 6.07) is 8.73. The summed E-state index contributed by atoms with van der Waals surface area (Å²) in [5.41, 5.74) is 9.84. The molecule has 0 saturated carbocycles. The lowest BCUT2D eigenvalue weighted by molar-refractivity contribution is 0.218. The summed E-state index contributed by atoms with van der Waals surface area (Å²) in [5.74, 6) is 0. The van der Waals surface area contributed by atoms with Gasteiger partial charge < -0.3 is 5.73 Å². The lowest BCUT2D eigenvalue weighted by Crippen LogP contribution is -2.33. The summed E-state index contributed by atoms with van der Waals surface area (Å²) < 4.78 is 0. The molecule has 19 heavy (non-hydrogen) atoms. The standard InChI is InChI=1S/C17H26N2/c1-13(14-5-7-16(18)8-6-14)19-11-9-15(10-12-19)17(2,3)4/h5-9,13H,10-12,18H2,1-4H3. The number of anilines is 1. The fraction of sp³-hybridized carbons (Fsp3) is 0.529. The van der Waals surface area contributed by atoms with Gasteiger partial charge in [-0.2, -0.15) is 0 Å². The molecule has 104 valence electrons. The van der Waals surface area contributed by atoms with E-state index in [0.29, 0.717) is 11.5 Å². The fourth-order valence-electron chi connectivity index (χ4n) is 2.70. The van der Waals surface area contributed by atoms with Crippen molar-refractivity contribution in [2.45, 2.75) is 40.2 Å². The van der Waals surface area contributed by atoms with Crippen LogP contribution in [0.1, 0.15) is 45.7 Å². The molecule has 0 aromatic heterocycles. The molecule has 2 N–H and O–H groups in total. The predicted molar refractivity (Wildman–Crippen MR) is 83.0 cm³/mol. The van der Waals surface area contributed by atoms with Crippen LogP contribution in [-0.4, -0.2) is 18.0 Å². The average molecular weight is 258 g/mol. The minimum atomic E-state index is 0.316. The van der Waals surface area contributed by atoms with Crippen molar-refractivity contribution in [3.8, 4) is 0 Å². The van der Waals surface area contributed by atoms with Gasteiger partial charge in [0.05, 0.1) is 0 Å². The minimum Gasteiger partial charge on any atom is -0.399 e. The molecule has 0 aliphatic carbocycles. The molecular formula is C17H26N2. The Morgan fingerprint density at radius 1 is 1.16 bits per heavy atom. The summed E-state index contributed by atoms with van der Waals surface area (Å²) in [5, 5.41) is 0. The van der Waals surface area contributed by atoms with Crippen LogP contribution in [0, 0.1) is 5.41 Å². The van der Waals surface area contributed by atoms with Crippen LogP contribution in [0.15, 0.2) is 35.9 Å². The van der Waals surface area contributed by atoms with Crippen LogP contribution in [-0.2, 0) is 0 Å². The van der Waals surface area contributed by atoms with Crippen LogP contribution in [0.5, 0.6) is 0 Å². The third-order valence-corrected chi connectivity index (χ3v) is 4.17. The Bertz CT molecular complexity index is 451. The van der Waals surface area contributed by atoms with Gasteiger partial charge in [0.1, 0.15) is 0 Å². The van der Waals surface area contributed by atoms with E-state index in [1.807, 2.05) is 12.1 Å². The Hall–Kier alpha value is -1.28. The quantitative estimate of drug-likeness (QED) is 0.641. The van der Waals surface area contributed by atoms with E-state index in [2.05, 4.69) is 50.8 Å². The van der Waals surface area contributed by atoms with Crippen molar-refractivity contribution in [3.63, 3.8) is 0 Å². The van der Waals surface area contributed by atoms with Gasteiger partial charge in [0.15, 0.2) is 0 Å². The van der Waals surface area contributed by atoms with Crippen LogP contribution < -0.4 is 5.73 Å². The van der Waals surface area contributed by atoms with Gasteiger partial charge in [0.25, 0.3) is 0 Å². The third kappa shape index (κ3) is 3.38. The van der Waals surface area contributed by atoms with E-state index in [1.54, 1.807) is 5.57 Å². The maximum atomic E-state index is 5.75. The maximum absolute atomic E-state index is 5.75. The highest BCUT2D eigenvalue weighted by Crippen LogP contribution is 2.32. The first-order valence-electron chi connectivity index (χ1n) is 7.17. The first-order chi connectivity index (χ1) is 8.88. The second kappa shape index (κ2) is 5.38. The summed E-state index contributed by atoms with van der Waals surface area (Å²) in [6.07, 6.45) is 3.60. The molecule has 1 aliphatic rings. The zero-order chi connectivity index (χ0) is 14.0. The Labute approximate surface area is 117 Å². The number of hydrogen-bond donors (Lipinski definition) is 1. The molecule has 0 saturated heterocycles. The molecular weight excluding hydrogens is 232 g/mol. The van der Waals surface area contributed by atoms with Gasteiger partial charge >= 0.3 is 0 Å². The second-order valence-electron chi connectivity index (χ2n) is 6.57. The molecule has 1 unspecified atom stereocenters. The topological polar surface area (TPSA) is 29.3 Å². The SMILES string of the molecule is CC(c1ccc(N)cc1)N1CC=C(C(C)(C)C)CC1. The number of rotatable bonds is 2. The van der Waals surface area contributed by atoms with Gasteiger partial charge in [-0.05, 0) is 36.5 Å². The number of nitrogen functional groups attached to an aromatic ring is 1. The van der Waals surface area contributed by atoms with Crippen LogP contribution in [0.4, 0.5) is 5.69 Å². The van der Waals surface area contributed by atoms with Crippen molar-refractivity contribution in [1.82, 2.24) is 4.90 Å². The number of benzene rings is 1. The van der Waals surface area contributed by atoms with Gasteiger partial charge in [0, 0.05) is 24.8 Å². The third-order valence-electron chi connectivity index (χ3n) is 4.17. The Morgan fingerprint density at radius 2 is 1.79 bits per heavy atom. The Morgan fingerprint density at radius 3 is 2.26 bits per heavy atom. The number of nitrogens with two attached hydrogens (primary N) is 1. The molecule has 1 aromatic carbocycles. The molecule has 2 heteroatoms. The van der Waals surface area contributed by atoms with Crippen LogP contribution >= 0.6 is 0 Å². The summed E-state index contributed by atoms with van der Waals surface area (Å²) in [7, 11) is 0. The van der Waals surface area contributed by atoms with Gasteiger partial charge in [-0.3, -0.25) is 4.90 Å². The van der Waals surface area contributed by atoms with Crippen LogP contribution in [0.2, 0.25) is 0 Å². The van der Waals surface area contributed by atoms with Crippen molar-refractivity contribution < 1.29 is 0 Å². The highest BCUT2D eigenvalue weighted by molar-refractivity contribution is 5.40. The highest BCUT2D eigenvalue weighted by atomic mass is 15.1. The van der Waals surface area contributed by atoms with Crippen molar-refractivity contribution in [2.24, 2.45) is 5.41 Å². The molecule has 2 rings (SSSR count). The Balaban J connectivity index is 2.05. The molecule has 1 aliphatic heterocycles. The molecule has 2 nitrogen and oxygen atoms in total. The monoisotopic (exact) mass is 258 g/mol. The molecule has 0 fully saturated rings. The highest BCUT2D eigenvalue weighted by Gasteiger charge is 2.23. The van der Waals surface area contributed by atoms with Crippen molar-refractivity contribution in [2.75, 3.05) is 18.8 Å². The normalized spacial score (nSPS) is 19.1. The smallest absolute Gasteiger partial charge is 0.0323 e.